The van der Waals surface area contributed by atoms with Crippen molar-refractivity contribution in [2.75, 3.05) is 13.1 Å². The summed E-state index contributed by atoms with van der Waals surface area (Å²) < 4.78 is 13.2. The van der Waals surface area contributed by atoms with Crippen LogP contribution in [0.1, 0.15) is 29.3 Å². The standard InChI is InChI=1S/C14H19FN2O/c1-9-5-12(16)8-17(7-9)14(18)11-3-4-13(15)10(2)6-11/h3-4,6,9,12H,5,7-8,16H2,1-2H3. The Labute approximate surface area is 107 Å². The van der Waals surface area contributed by atoms with Crippen LogP contribution in [0.4, 0.5) is 4.39 Å². The highest BCUT2D eigenvalue weighted by atomic mass is 19.1. The molecular formula is C14H19FN2O. The van der Waals surface area contributed by atoms with Crippen molar-refractivity contribution in [3.63, 3.8) is 0 Å². The molecule has 0 radical (unpaired) electrons. The Morgan fingerprint density at radius 2 is 2.17 bits per heavy atom. The summed E-state index contributed by atoms with van der Waals surface area (Å²) in [6.45, 7) is 5.06. The number of benzene rings is 1. The molecule has 3 nitrogen and oxygen atoms in total. The molecule has 1 saturated heterocycles. The second kappa shape index (κ2) is 5.06. The van der Waals surface area contributed by atoms with Gasteiger partial charge in [0.25, 0.3) is 5.91 Å². The maximum Gasteiger partial charge on any atom is 0.253 e. The zero-order chi connectivity index (χ0) is 13.3. The Morgan fingerprint density at radius 1 is 1.44 bits per heavy atom. The van der Waals surface area contributed by atoms with Crippen molar-refractivity contribution in [1.29, 1.82) is 0 Å². The number of halogens is 1. The topological polar surface area (TPSA) is 46.3 Å². The maximum atomic E-state index is 13.2. The number of rotatable bonds is 1. The van der Waals surface area contributed by atoms with Gasteiger partial charge in [0.2, 0.25) is 0 Å². The highest BCUT2D eigenvalue weighted by Gasteiger charge is 2.26. The number of hydrogen-bond acceptors (Lipinski definition) is 2. The van der Waals surface area contributed by atoms with Gasteiger partial charge in [-0.2, -0.15) is 0 Å². The summed E-state index contributed by atoms with van der Waals surface area (Å²) in [4.78, 5) is 14.1. The van der Waals surface area contributed by atoms with Crippen LogP contribution in [0.2, 0.25) is 0 Å². The number of likely N-dealkylation sites (tertiary alicyclic amines) is 1. The molecule has 2 unspecified atom stereocenters. The number of amides is 1. The van der Waals surface area contributed by atoms with E-state index >= 15 is 0 Å². The molecule has 1 aromatic carbocycles. The van der Waals surface area contributed by atoms with Crippen molar-refractivity contribution < 1.29 is 9.18 Å². The zero-order valence-corrected chi connectivity index (χ0v) is 10.8. The summed E-state index contributed by atoms with van der Waals surface area (Å²) >= 11 is 0. The summed E-state index contributed by atoms with van der Waals surface area (Å²) in [5.74, 6) is 0.0783. The van der Waals surface area contributed by atoms with Gasteiger partial charge in [-0.05, 0) is 43.0 Å². The first-order valence-electron chi connectivity index (χ1n) is 6.28. The van der Waals surface area contributed by atoms with Gasteiger partial charge in [0.1, 0.15) is 5.82 Å². The van der Waals surface area contributed by atoms with Crippen LogP contribution in [0.15, 0.2) is 18.2 Å². The van der Waals surface area contributed by atoms with Crippen LogP contribution in [0, 0.1) is 18.7 Å². The molecular weight excluding hydrogens is 231 g/mol. The first kappa shape index (κ1) is 13.0. The molecule has 1 fully saturated rings. The molecule has 0 aromatic heterocycles. The fraction of sp³-hybridized carbons (Fsp3) is 0.500. The van der Waals surface area contributed by atoms with Gasteiger partial charge in [-0.1, -0.05) is 6.92 Å². The molecule has 2 N–H and O–H groups in total. The molecule has 1 aliphatic heterocycles. The highest BCUT2D eigenvalue weighted by molar-refractivity contribution is 5.94. The van der Waals surface area contributed by atoms with Crippen molar-refractivity contribution in [2.45, 2.75) is 26.3 Å². The molecule has 1 aromatic rings. The Bertz CT molecular complexity index is 451. The highest BCUT2D eigenvalue weighted by Crippen LogP contribution is 2.18. The van der Waals surface area contributed by atoms with E-state index in [1.165, 1.54) is 12.1 Å². The molecule has 0 spiro atoms. The molecule has 18 heavy (non-hydrogen) atoms. The molecule has 2 rings (SSSR count). The van der Waals surface area contributed by atoms with E-state index in [0.717, 1.165) is 13.0 Å². The van der Waals surface area contributed by atoms with Crippen molar-refractivity contribution in [3.8, 4) is 0 Å². The number of aryl methyl sites for hydroxylation is 1. The van der Waals surface area contributed by atoms with Gasteiger partial charge in [0, 0.05) is 24.7 Å². The molecule has 1 amide bonds. The van der Waals surface area contributed by atoms with Gasteiger partial charge < -0.3 is 10.6 Å². The molecule has 0 saturated carbocycles. The Morgan fingerprint density at radius 3 is 2.78 bits per heavy atom. The fourth-order valence-electron chi connectivity index (χ4n) is 2.53. The first-order valence-corrected chi connectivity index (χ1v) is 6.28. The summed E-state index contributed by atoms with van der Waals surface area (Å²) in [5, 5.41) is 0. The van der Waals surface area contributed by atoms with E-state index < -0.39 is 0 Å². The lowest BCUT2D eigenvalue weighted by Gasteiger charge is -2.34. The third kappa shape index (κ3) is 2.70. The number of carbonyl (C=O) groups excluding carboxylic acids is 1. The van der Waals surface area contributed by atoms with E-state index in [0.29, 0.717) is 23.6 Å². The number of hydrogen-bond donors (Lipinski definition) is 1. The minimum atomic E-state index is -0.282. The molecule has 2 atom stereocenters. The van der Waals surface area contributed by atoms with Gasteiger partial charge in [0.15, 0.2) is 0 Å². The molecule has 4 heteroatoms. The van der Waals surface area contributed by atoms with Crippen LogP contribution < -0.4 is 5.73 Å². The molecule has 0 aliphatic carbocycles. The van der Waals surface area contributed by atoms with E-state index in [4.69, 9.17) is 5.73 Å². The smallest absolute Gasteiger partial charge is 0.253 e. The quantitative estimate of drug-likeness (QED) is 0.828. The Hall–Kier alpha value is -1.42. The average Bonchev–Trinajstić information content (AvgIpc) is 2.30. The number of nitrogens with zero attached hydrogens (tertiary/aromatic N) is 1. The van der Waals surface area contributed by atoms with Crippen LogP contribution in [0.3, 0.4) is 0 Å². The van der Waals surface area contributed by atoms with E-state index in [1.54, 1.807) is 17.9 Å². The van der Waals surface area contributed by atoms with Crippen LogP contribution >= 0.6 is 0 Å². The van der Waals surface area contributed by atoms with Crippen LogP contribution in [-0.2, 0) is 0 Å². The predicted molar refractivity (Wildman–Crippen MR) is 68.8 cm³/mol. The molecule has 98 valence electrons. The molecule has 1 aliphatic rings. The minimum Gasteiger partial charge on any atom is -0.337 e. The third-order valence-corrected chi connectivity index (χ3v) is 3.38. The largest absolute Gasteiger partial charge is 0.337 e. The summed E-state index contributed by atoms with van der Waals surface area (Å²) in [5.41, 5.74) is 6.96. The fourth-order valence-corrected chi connectivity index (χ4v) is 2.53. The third-order valence-electron chi connectivity index (χ3n) is 3.38. The van der Waals surface area contributed by atoms with Gasteiger partial charge >= 0.3 is 0 Å². The van der Waals surface area contributed by atoms with Gasteiger partial charge in [0.05, 0.1) is 0 Å². The van der Waals surface area contributed by atoms with Crippen LogP contribution in [-0.4, -0.2) is 29.9 Å². The van der Waals surface area contributed by atoms with Gasteiger partial charge in [-0.15, -0.1) is 0 Å². The summed E-state index contributed by atoms with van der Waals surface area (Å²) in [6.07, 6.45) is 0.951. The maximum absolute atomic E-state index is 13.2. The van der Waals surface area contributed by atoms with E-state index in [-0.39, 0.29) is 17.8 Å². The zero-order valence-electron chi connectivity index (χ0n) is 10.8. The van der Waals surface area contributed by atoms with E-state index in [9.17, 15) is 9.18 Å². The van der Waals surface area contributed by atoms with Crippen LogP contribution in [0.25, 0.3) is 0 Å². The van der Waals surface area contributed by atoms with Crippen molar-refractivity contribution in [1.82, 2.24) is 4.90 Å². The number of nitrogens with two attached hydrogens (primary N) is 1. The van der Waals surface area contributed by atoms with Crippen molar-refractivity contribution in [3.05, 3.63) is 35.1 Å². The van der Waals surface area contributed by atoms with E-state index in [2.05, 4.69) is 6.92 Å². The normalized spacial score (nSPS) is 24.1. The lowest BCUT2D eigenvalue weighted by atomic mass is 9.96. The summed E-state index contributed by atoms with van der Waals surface area (Å²) in [6, 6.07) is 4.52. The Kier molecular flexibility index (Phi) is 3.66. The SMILES string of the molecule is Cc1cc(C(=O)N2CC(C)CC(N)C2)ccc1F. The lowest BCUT2D eigenvalue weighted by Crippen LogP contribution is -2.48. The molecule has 1 heterocycles. The lowest BCUT2D eigenvalue weighted by molar-refractivity contribution is 0.0661. The number of piperidine rings is 1. The summed E-state index contributed by atoms with van der Waals surface area (Å²) in [7, 11) is 0. The molecule has 0 bridgehead atoms. The van der Waals surface area contributed by atoms with Crippen LogP contribution in [0.5, 0.6) is 0 Å². The first-order chi connectivity index (χ1) is 8.47. The second-order valence-electron chi connectivity index (χ2n) is 5.28. The monoisotopic (exact) mass is 250 g/mol. The van der Waals surface area contributed by atoms with Crippen molar-refractivity contribution >= 4 is 5.91 Å². The Balaban J connectivity index is 2.17. The number of carbonyl (C=O) groups is 1. The van der Waals surface area contributed by atoms with Gasteiger partial charge in [-0.25, -0.2) is 4.39 Å². The van der Waals surface area contributed by atoms with E-state index in [1.807, 2.05) is 0 Å². The van der Waals surface area contributed by atoms with Crippen molar-refractivity contribution in [2.24, 2.45) is 11.7 Å². The van der Waals surface area contributed by atoms with Gasteiger partial charge in [-0.3, -0.25) is 4.79 Å². The predicted octanol–water partition coefficient (Wildman–Crippen LogP) is 1.94. The minimum absolute atomic E-state index is 0.0410. The second-order valence-corrected chi connectivity index (χ2v) is 5.28. The average molecular weight is 250 g/mol.